The number of aliphatic hydroxyl groups excluding tert-OH is 1. The molecule has 5 heteroatoms. The van der Waals surface area contributed by atoms with Gasteiger partial charge in [0.05, 0.1) is 12.0 Å². The number of carbonyl (C=O) groups excluding carboxylic acids is 1. The molecule has 0 fully saturated rings. The number of aromatic hydroxyl groups is 1. The lowest BCUT2D eigenvalue weighted by atomic mass is 10.1. The van der Waals surface area contributed by atoms with E-state index in [1.54, 1.807) is 26.1 Å². The zero-order chi connectivity index (χ0) is 14.6. The third-order valence-corrected chi connectivity index (χ3v) is 3.15. The van der Waals surface area contributed by atoms with Crippen LogP contribution in [0.1, 0.15) is 25.5 Å². The lowest BCUT2D eigenvalue weighted by Crippen LogP contribution is -2.34. The van der Waals surface area contributed by atoms with Gasteiger partial charge in [0.15, 0.2) is 0 Å². The van der Waals surface area contributed by atoms with Crippen LogP contribution in [0, 0.1) is 5.92 Å². The minimum Gasteiger partial charge on any atom is -0.507 e. The predicted octanol–water partition coefficient (Wildman–Crippen LogP) is 1.26. The average molecular weight is 266 g/mol. The number of nitrogens with zero attached hydrogens (tertiary/aromatic N) is 1. The third kappa shape index (κ3) is 3.86. The largest absolute Gasteiger partial charge is 0.507 e. The van der Waals surface area contributed by atoms with Crippen LogP contribution in [0.2, 0.25) is 0 Å². The van der Waals surface area contributed by atoms with Crippen LogP contribution in [0.5, 0.6) is 5.75 Å². The van der Waals surface area contributed by atoms with E-state index in [9.17, 15) is 15.0 Å². The van der Waals surface area contributed by atoms with E-state index in [-0.39, 0.29) is 17.6 Å². The molecule has 0 saturated heterocycles. The number of benzene rings is 1. The van der Waals surface area contributed by atoms with Crippen LogP contribution < -0.4 is 10.2 Å². The minimum atomic E-state index is -0.704. The molecule has 2 unspecified atom stereocenters. The highest BCUT2D eigenvalue weighted by Crippen LogP contribution is 2.28. The molecular formula is C14H22N2O3. The van der Waals surface area contributed by atoms with Crippen LogP contribution in [0.15, 0.2) is 18.2 Å². The van der Waals surface area contributed by atoms with Gasteiger partial charge in [0.1, 0.15) is 5.75 Å². The highest BCUT2D eigenvalue weighted by Gasteiger charge is 2.15. The second kappa shape index (κ2) is 6.43. The summed E-state index contributed by atoms with van der Waals surface area (Å²) in [4.78, 5) is 13.4. The molecule has 0 radical (unpaired) electrons. The predicted molar refractivity (Wildman–Crippen MR) is 75.2 cm³/mol. The Hall–Kier alpha value is -1.75. The van der Waals surface area contributed by atoms with E-state index in [1.165, 1.54) is 0 Å². The van der Waals surface area contributed by atoms with Crippen LogP contribution in [0.25, 0.3) is 0 Å². The van der Waals surface area contributed by atoms with Crippen molar-refractivity contribution in [3.05, 3.63) is 23.8 Å². The summed E-state index contributed by atoms with van der Waals surface area (Å²) in [6, 6.07) is 5.10. The molecule has 1 amide bonds. The molecule has 106 valence electrons. The molecule has 0 heterocycles. The number of carbonyl (C=O) groups is 1. The molecule has 0 bridgehead atoms. The molecule has 0 aliphatic rings. The number of aliphatic hydroxyl groups is 1. The maximum atomic E-state index is 11.5. The Balaban J connectivity index is 2.80. The fourth-order valence-electron chi connectivity index (χ4n) is 1.97. The molecule has 2 atom stereocenters. The van der Waals surface area contributed by atoms with E-state index in [0.717, 1.165) is 5.69 Å². The van der Waals surface area contributed by atoms with Gasteiger partial charge in [0, 0.05) is 38.0 Å². The Morgan fingerprint density at radius 2 is 2.05 bits per heavy atom. The lowest BCUT2D eigenvalue weighted by molar-refractivity contribution is -0.123. The van der Waals surface area contributed by atoms with E-state index in [1.807, 2.05) is 24.9 Å². The molecule has 1 aromatic rings. The Bertz CT molecular complexity index is 446. The van der Waals surface area contributed by atoms with E-state index >= 15 is 0 Å². The topological polar surface area (TPSA) is 72.8 Å². The first-order valence-corrected chi connectivity index (χ1v) is 6.30. The number of rotatable bonds is 5. The van der Waals surface area contributed by atoms with Crippen molar-refractivity contribution in [3.63, 3.8) is 0 Å². The van der Waals surface area contributed by atoms with Gasteiger partial charge in [-0.3, -0.25) is 4.79 Å². The van der Waals surface area contributed by atoms with Gasteiger partial charge in [0.25, 0.3) is 0 Å². The summed E-state index contributed by atoms with van der Waals surface area (Å²) in [6.07, 6.45) is -0.704. The van der Waals surface area contributed by atoms with E-state index in [2.05, 4.69) is 5.32 Å². The normalized spacial score (nSPS) is 13.7. The maximum Gasteiger partial charge on any atom is 0.224 e. The van der Waals surface area contributed by atoms with Crippen molar-refractivity contribution >= 4 is 11.6 Å². The van der Waals surface area contributed by atoms with Gasteiger partial charge in [-0.15, -0.1) is 0 Å². The van der Waals surface area contributed by atoms with E-state index in [4.69, 9.17) is 0 Å². The molecule has 1 aromatic carbocycles. The number of nitrogens with one attached hydrogen (secondary N) is 1. The summed E-state index contributed by atoms with van der Waals surface area (Å²) in [5.41, 5.74) is 1.30. The summed E-state index contributed by atoms with van der Waals surface area (Å²) in [7, 11) is 3.47. The monoisotopic (exact) mass is 266 g/mol. The van der Waals surface area contributed by atoms with Crippen LogP contribution in [0.4, 0.5) is 5.69 Å². The van der Waals surface area contributed by atoms with E-state index in [0.29, 0.717) is 12.1 Å². The van der Waals surface area contributed by atoms with Crippen molar-refractivity contribution in [3.8, 4) is 5.75 Å². The zero-order valence-corrected chi connectivity index (χ0v) is 11.8. The first-order chi connectivity index (χ1) is 8.86. The Kier molecular flexibility index (Phi) is 5.18. The van der Waals surface area contributed by atoms with E-state index < -0.39 is 6.10 Å². The Labute approximate surface area is 113 Å². The quantitative estimate of drug-likeness (QED) is 0.750. The van der Waals surface area contributed by atoms with Crippen molar-refractivity contribution in [2.75, 3.05) is 25.5 Å². The molecular weight excluding hydrogens is 244 g/mol. The molecule has 0 aliphatic carbocycles. The van der Waals surface area contributed by atoms with Crippen molar-refractivity contribution in [1.82, 2.24) is 5.32 Å². The fraction of sp³-hybridized carbons (Fsp3) is 0.500. The van der Waals surface area contributed by atoms with Gasteiger partial charge >= 0.3 is 0 Å². The van der Waals surface area contributed by atoms with Crippen LogP contribution in [-0.4, -0.2) is 36.8 Å². The van der Waals surface area contributed by atoms with Crippen LogP contribution in [0.3, 0.4) is 0 Å². The van der Waals surface area contributed by atoms with Crippen molar-refractivity contribution in [2.24, 2.45) is 5.92 Å². The summed E-state index contributed by atoms with van der Waals surface area (Å²) in [5, 5.41) is 21.9. The summed E-state index contributed by atoms with van der Waals surface area (Å²) >= 11 is 0. The summed E-state index contributed by atoms with van der Waals surface area (Å²) < 4.78 is 0. The number of phenolic OH excluding ortho intramolecular Hbond substituents is 1. The van der Waals surface area contributed by atoms with Gasteiger partial charge in [-0.25, -0.2) is 0 Å². The van der Waals surface area contributed by atoms with Gasteiger partial charge in [-0.2, -0.15) is 0 Å². The van der Waals surface area contributed by atoms with Crippen molar-refractivity contribution < 1.29 is 15.0 Å². The number of hydrogen-bond donors (Lipinski definition) is 3. The molecule has 5 nitrogen and oxygen atoms in total. The number of anilines is 1. The van der Waals surface area contributed by atoms with Crippen molar-refractivity contribution in [1.29, 1.82) is 0 Å². The molecule has 3 N–H and O–H groups in total. The Morgan fingerprint density at radius 3 is 2.53 bits per heavy atom. The van der Waals surface area contributed by atoms with Crippen LogP contribution >= 0.6 is 0 Å². The zero-order valence-electron chi connectivity index (χ0n) is 11.8. The minimum absolute atomic E-state index is 0.0170. The average Bonchev–Trinajstić information content (AvgIpc) is 2.36. The third-order valence-electron chi connectivity index (χ3n) is 3.15. The fourth-order valence-corrected chi connectivity index (χ4v) is 1.97. The smallest absolute Gasteiger partial charge is 0.224 e. The summed E-state index contributed by atoms with van der Waals surface area (Å²) in [5.74, 6) is -0.0998. The highest BCUT2D eigenvalue weighted by molar-refractivity contribution is 5.78. The second-order valence-electron chi connectivity index (χ2n) is 4.81. The molecule has 0 spiro atoms. The number of hydrogen-bond acceptors (Lipinski definition) is 4. The van der Waals surface area contributed by atoms with Crippen LogP contribution in [-0.2, 0) is 4.79 Å². The van der Waals surface area contributed by atoms with Gasteiger partial charge < -0.3 is 20.4 Å². The number of amides is 1. The molecule has 0 saturated carbocycles. The van der Waals surface area contributed by atoms with Gasteiger partial charge in [-0.05, 0) is 13.0 Å². The highest BCUT2D eigenvalue weighted by atomic mass is 16.3. The number of phenols is 1. The SMILES string of the molecule is CNC(=O)C(C)CN(C)c1ccc(C(C)O)c(O)c1. The maximum absolute atomic E-state index is 11.5. The van der Waals surface area contributed by atoms with Gasteiger partial charge in [-0.1, -0.05) is 13.0 Å². The lowest BCUT2D eigenvalue weighted by Gasteiger charge is -2.23. The summed E-state index contributed by atoms with van der Waals surface area (Å²) in [6.45, 7) is 4.00. The van der Waals surface area contributed by atoms with Crippen molar-refractivity contribution in [2.45, 2.75) is 20.0 Å². The van der Waals surface area contributed by atoms with Gasteiger partial charge in [0.2, 0.25) is 5.91 Å². The molecule has 19 heavy (non-hydrogen) atoms. The standard InChI is InChI=1S/C14H22N2O3/c1-9(14(19)15-3)8-16(4)11-5-6-12(10(2)17)13(18)7-11/h5-7,9-10,17-18H,8H2,1-4H3,(H,15,19). The Morgan fingerprint density at radius 1 is 1.42 bits per heavy atom. The molecule has 0 aromatic heterocycles. The first kappa shape index (κ1) is 15.3. The first-order valence-electron chi connectivity index (χ1n) is 6.30. The molecule has 0 aliphatic heterocycles. The molecule has 1 rings (SSSR count). The second-order valence-corrected chi connectivity index (χ2v) is 4.81.